The van der Waals surface area contributed by atoms with Crippen molar-refractivity contribution in [1.29, 1.82) is 0 Å². The molecule has 2 saturated heterocycles. The topological polar surface area (TPSA) is 73.0 Å². The van der Waals surface area contributed by atoms with Crippen LogP contribution in [0.2, 0.25) is 0 Å². The van der Waals surface area contributed by atoms with Gasteiger partial charge >= 0.3 is 0 Å². The van der Waals surface area contributed by atoms with Gasteiger partial charge < -0.3 is 20.0 Å². The fraction of sp³-hybridized carbons (Fsp3) is 0.640. The average Bonchev–Trinajstić information content (AvgIpc) is 3.64. The molecule has 1 saturated carbocycles. The molecule has 3 aliphatic rings. The normalized spacial score (nSPS) is 19.3. The van der Waals surface area contributed by atoms with Gasteiger partial charge in [0.15, 0.2) is 0 Å². The van der Waals surface area contributed by atoms with Crippen molar-refractivity contribution < 1.29 is 14.4 Å². The number of hydrogen-bond acceptors (Lipinski definition) is 4. The van der Waals surface area contributed by atoms with Crippen molar-refractivity contribution in [2.75, 3.05) is 49.5 Å². The van der Waals surface area contributed by atoms with Gasteiger partial charge in [0.25, 0.3) is 5.91 Å². The molecular formula is C25H36N4O3. The molecule has 0 spiro atoms. The Morgan fingerprint density at radius 1 is 0.938 bits per heavy atom. The van der Waals surface area contributed by atoms with Crippen LogP contribution in [0, 0.1) is 11.8 Å². The number of nitrogens with zero attached hydrogens (tertiary/aromatic N) is 3. The zero-order chi connectivity index (χ0) is 22.7. The van der Waals surface area contributed by atoms with Crippen LogP contribution in [0.5, 0.6) is 0 Å². The Labute approximate surface area is 191 Å². The molecule has 4 rings (SSSR count). The second-order valence-corrected chi connectivity index (χ2v) is 9.81. The third-order valence-electron chi connectivity index (χ3n) is 6.64. The molecule has 1 aromatic carbocycles. The highest BCUT2D eigenvalue weighted by atomic mass is 16.2. The molecule has 0 radical (unpaired) electrons. The Morgan fingerprint density at radius 3 is 2.25 bits per heavy atom. The predicted octanol–water partition coefficient (Wildman–Crippen LogP) is 3.36. The van der Waals surface area contributed by atoms with Crippen LogP contribution in [0.25, 0.3) is 0 Å². The summed E-state index contributed by atoms with van der Waals surface area (Å²) in [6, 6.07) is 5.72. The van der Waals surface area contributed by atoms with E-state index in [0.29, 0.717) is 49.8 Å². The zero-order valence-electron chi connectivity index (χ0n) is 19.4. The second-order valence-electron chi connectivity index (χ2n) is 9.81. The summed E-state index contributed by atoms with van der Waals surface area (Å²) in [6.07, 6.45) is 5.72. The number of benzene rings is 1. The van der Waals surface area contributed by atoms with E-state index in [0.717, 1.165) is 44.5 Å². The predicted molar refractivity (Wildman–Crippen MR) is 126 cm³/mol. The molecule has 32 heavy (non-hydrogen) atoms. The van der Waals surface area contributed by atoms with Gasteiger partial charge in [-0.2, -0.15) is 0 Å². The highest BCUT2D eigenvalue weighted by molar-refractivity contribution is 6.02. The molecule has 1 aromatic rings. The lowest BCUT2D eigenvalue weighted by Crippen LogP contribution is -2.49. The van der Waals surface area contributed by atoms with Crippen LogP contribution < -0.4 is 10.2 Å². The molecule has 1 N–H and O–H groups in total. The van der Waals surface area contributed by atoms with Crippen LogP contribution in [0.1, 0.15) is 62.7 Å². The van der Waals surface area contributed by atoms with Crippen LogP contribution in [0.15, 0.2) is 18.2 Å². The molecule has 2 aliphatic heterocycles. The van der Waals surface area contributed by atoms with Gasteiger partial charge in [0, 0.05) is 63.0 Å². The van der Waals surface area contributed by atoms with Crippen molar-refractivity contribution in [3.05, 3.63) is 23.8 Å². The van der Waals surface area contributed by atoms with Gasteiger partial charge in [-0.15, -0.1) is 0 Å². The summed E-state index contributed by atoms with van der Waals surface area (Å²) in [5, 5.41) is 2.99. The molecule has 0 unspecified atom stereocenters. The Kier molecular flexibility index (Phi) is 7.01. The second kappa shape index (κ2) is 9.92. The van der Waals surface area contributed by atoms with Gasteiger partial charge in [-0.3, -0.25) is 14.4 Å². The van der Waals surface area contributed by atoms with E-state index >= 15 is 0 Å². The Morgan fingerprint density at radius 2 is 1.62 bits per heavy atom. The number of anilines is 2. The minimum Gasteiger partial charge on any atom is -0.367 e. The molecule has 1 aliphatic carbocycles. The molecule has 0 bridgehead atoms. The lowest BCUT2D eigenvalue weighted by molar-refractivity contribution is -0.132. The minimum absolute atomic E-state index is 0.0422. The number of carbonyl (C=O) groups is 3. The number of rotatable bonds is 6. The third-order valence-corrected chi connectivity index (χ3v) is 6.64. The zero-order valence-corrected chi connectivity index (χ0v) is 19.4. The monoisotopic (exact) mass is 440 g/mol. The molecule has 2 heterocycles. The van der Waals surface area contributed by atoms with Gasteiger partial charge in [0.2, 0.25) is 11.8 Å². The van der Waals surface area contributed by atoms with Crippen molar-refractivity contribution in [2.45, 2.75) is 52.4 Å². The SMILES string of the molecule is CC(C)CC(=O)N1CCN(c2ccc(NC(=O)C3CC3)cc2C(=O)N2CCCCC2)CC1. The smallest absolute Gasteiger partial charge is 0.256 e. The lowest BCUT2D eigenvalue weighted by atomic mass is 10.0. The van der Waals surface area contributed by atoms with Gasteiger partial charge in [0.05, 0.1) is 5.56 Å². The van der Waals surface area contributed by atoms with Crippen molar-refractivity contribution in [1.82, 2.24) is 9.80 Å². The molecule has 7 heteroatoms. The van der Waals surface area contributed by atoms with Crippen molar-refractivity contribution in [3.8, 4) is 0 Å². The number of amides is 3. The Balaban J connectivity index is 1.51. The number of nitrogens with one attached hydrogen (secondary N) is 1. The van der Waals surface area contributed by atoms with Gasteiger partial charge in [-0.1, -0.05) is 13.8 Å². The lowest BCUT2D eigenvalue weighted by Gasteiger charge is -2.38. The van der Waals surface area contributed by atoms with Crippen LogP contribution >= 0.6 is 0 Å². The number of carbonyl (C=O) groups excluding carboxylic acids is 3. The molecule has 0 aromatic heterocycles. The van der Waals surface area contributed by atoms with Gasteiger partial charge in [-0.05, 0) is 56.2 Å². The third kappa shape index (κ3) is 5.43. The van der Waals surface area contributed by atoms with E-state index in [1.54, 1.807) is 0 Å². The summed E-state index contributed by atoms with van der Waals surface area (Å²) in [7, 11) is 0. The first-order chi connectivity index (χ1) is 15.4. The molecule has 7 nitrogen and oxygen atoms in total. The summed E-state index contributed by atoms with van der Waals surface area (Å²) in [5.41, 5.74) is 2.25. The fourth-order valence-electron chi connectivity index (χ4n) is 4.59. The maximum absolute atomic E-state index is 13.5. The molecule has 3 amide bonds. The van der Waals surface area contributed by atoms with E-state index < -0.39 is 0 Å². The summed E-state index contributed by atoms with van der Waals surface area (Å²) in [4.78, 5) is 44.3. The van der Waals surface area contributed by atoms with E-state index in [9.17, 15) is 14.4 Å². The van der Waals surface area contributed by atoms with E-state index in [-0.39, 0.29) is 23.6 Å². The first-order valence-electron chi connectivity index (χ1n) is 12.2. The quantitative estimate of drug-likeness (QED) is 0.736. The standard InChI is InChI=1S/C25H36N4O3/c1-18(2)16-23(30)28-14-12-27(13-15-28)22-9-8-20(26-24(31)19-6-7-19)17-21(22)25(32)29-10-4-3-5-11-29/h8-9,17-19H,3-7,10-16H2,1-2H3,(H,26,31). The van der Waals surface area contributed by atoms with Crippen LogP contribution in [-0.4, -0.2) is 66.8 Å². The first-order valence-corrected chi connectivity index (χ1v) is 12.2. The maximum atomic E-state index is 13.5. The van der Waals surface area contributed by atoms with Crippen LogP contribution in [-0.2, 0) is 9.59 Å². The largest absolute Gasteiger partial charge is 0.367 e. The van der Waals surface area contributed by atoms with Crippen LogP contribution in [0.3, 0.4) is 0 Å². The highest BCUT2D eigenvalue weighted by Gasteiger charge is 2.31. The number of hydrogen-bond donors (Lipinski definition) is 1. The van der Waals surface area contributed by atoms with E-state index in [1.165, 1.54) is 6.42 Å². The van der Waals surface area contributed by atoms with Gasteiger partial charge in [0.1, 0.15) is 0 Å². The van der Waals surface area contributed by atoms with Crippen LogP contribution in [0.4, 0.5) is 11.4 Å². The van der Waals surface area contributed by atoms with Crippen molar-refractivity contribution >= 4 is 29.1 Å². The molecule has 0 atom stereocenters. The Bertz CT molecular complexity index is 851. The number of piperazine rings is 1. The maximum Gasteiger partial charge on any atom is 0.256 e. The average molecular weight is 441 g/mol. The fourth-order valence-corrected chi connectivity index (χ4v) is 4.59. The van der Waals surface area contributed by atoms with Crippen molar-refractivity contribution in [3.63, 3.8) is 0 Å². The van der Waals surface area contributed by atoms with E-state index in [1.807, 2.05) is 28.0 Å². The van der Waals surface area contributed by atoms with E-state index in [4.69, 9.17) is 0 Å². The van der Waals surface area contributed by atoms with Crippen molar-refractivity contribution in [2.24, 2.45) is 11.8 Å². The number of likely N-dealkylation sites (tertiary alicyclic amines) is 1. The first kappa shape index (κ1) is 22.6. The highest BCUT2D eigenvalue weighted by Crippen LogP contribution is 2.32. The Hall–Kier alpha value is -2.57. The summed E-state index contributed by atoms with van der Waals surface area (Å²) in [5.74, 6) is 0.773. The van der Waals surface area contributed by atoms with E-state index in [2.05, 4.69) is 24.1 Å². The molecular weight excluding hydrogens is 404 g/mol. The summed E-state index contributed by atoms with van der Waals surface area (Å²) < 4.78 is 0. The summed E-state index contributed by atoms with van der Waals surface area (Å²) >= 11 is 0. The molecule has 3 fully saturated rings. The van der Waals surface area contributed by atoms with Gasteiger partial charge in [-0.25, -0.2) is 0 Å². The number of piperidine rings is 1. The minimum atomic E-state index is 0.0422. The molecule has 174 valence electrons. The summed E-state index contributed by atoms with van der Waals surface area (Å²) in [6.45, 7) is 8.46.